The minimum Gasteiger partial charge on any atom is -0.272 e. The summed E-state index contributed by atoms with van der Waals surface area (Å²) in [5.41, 5.74) is 0.931. The van der Waals surface area contributed by atoms with Crippen LogP contribution in [0, 0.1) is 0 Å². The molecule has 0 aliphatic carbocycles. The average Bonchev–Trinajstić information content (AvgIpc) is 2.75. The molecule has 16 heavy (non-hydrogen) atoms. The molecule has 0 N–H and O–H groups in total. The maximum Gasteiger partial charge on any atom is 0.229 e. The minimum atomic E-state index is 0.344. The van der Waals surface area contributed by atoms with Crippen molar-refractivity contribution in [1.29, 1.82) is 0 Å². The summed E-state index contributed by atoms with van der Waals surface area (Å²) < 4.78 is 1.73. The standard InChI is InChI=1S/C11H7ClN4/c12-11-15-14-7-16(11)10-3-1-2-8-4-5-13-6-9(8)10/h1-7H. The number of fused-ring (bicyclic) bond motifs is 1. The number of rotatable bonds is 1. The lowest BCUT2D eigenvalue weighted by Crippen LogP contribution is -1.93. The number of halogens is 1. The first-order chi connectivity index (χ1) is 7.86. The number of aromatic nitrogens is 4. The smallest absolute Gasteiger partial charge is 0.229 e. The predicted octanol–water partition coefficient (Wildman–Crippen LogP) is 2.47. The largest absolute Gasteiger partial charge is 0.272 e. The van der Waals surface area contributed by atoms with Gasteiger partial charge >= 0.3 is 0 Å². The first kappa shape index (κ1) is 9.30. The Morgan fingerprint density at radius 1 is 1.19 bits per heavy atom. The van der Waals surface area contributed by atoms with Crippen molar-refractivity contribution in [2.45, 2.75) is 0 Å². The van der Waals surface area contributed by atoms with Gasteiger partial charge in [0.15, 0.2) is 0 Å². The van der Waals surface area contributed by atoms with Crippen LogP contribution in [0.5, 0.6) is 0 Å². The number of benzene rings is 1. The highest BCUT2D eigenvalue weighted by molar-refractivity contribution is 6.28. The molecule has 0 fully saturated rings. The van der Waals surface area contributed by atoms with E-state index in [-0.39, 0.29) is 0 Å². The van der Waals surface area contributed by atoms with Crippen molar-refractivity contribution in [3.63, 3.8) is 0 Å². The van der Waals surface area contributed by atoms with Gasteiger partial charge in [0.25, 0.3) is 0 Å². The predicted molar refractivity (Wildman–Crippen MR) is 61.7 cm³/mol. The molecule has 0 aliphatic heterocycles. The lowest BCUT2D eigenvalue weighted by Gasteiger charge is -2.06. The van der Waals surface area contributed by atoms with E-state index in [4.69, 9.17) is 11.6 Å². The van der Waals surface area contributed by atoms with Crippen molar-refractivity contribution < 1.29 is 0 Å². The molecule has 0 bridgehead atoms. The number of pyridine rings is 1. The maximum atomic E-state index is 5.94. The van der Waals surface area contributed by atoms with Crippen LogP contribution >= 0.6 is 11.6 Å². The van der Waals surface area contributed by atoms with Crippen LogP contribution in [0.15, 0.2) is 43.0 Å². The van der Waals surface area contributed by atoms with Crippen LogP contribution < -0.4 is 0 Å². The molecule has 78 valence electrons. The molecule has 3 aromatic rings. The normalized spacial score (nSPS) is 10.8. The summed E-state index contributed by atoms with van der Waals surface area (Å²) in [4.78, 5) is 4.12. The van der Waals surface area contributed by atoms with E-state index >= 15 is 0 Å². The molecule has 0 atom stereocenters. The number of hydrogen-bond acceptors (Lipinski definition) is 3. The van der Waals surface area contributed by atoms with Crippen molar-refractivity contribution in [3.8, 4) is 5.69 Å². The first-order valence-electron chi connectivity index (χ1n) is 4.75. The maximum absolute atomic E-state index is 5.94. The summed E-state index contributed by atoms with van der Waals surface area (Å²) in [5, 5.41) is 10.00. The highest BCUT2D eigenvalue weighted by Gasteiger charge is 2.06. The molecule has 0 aliphatic rings. The van der Waals surface area contributed by atoms with E-state index in [9.17, 15) is 0 Å². The molecule has 4 nitrogen and oxygen atoms in total. The van der Waals surface area contributed by atoms with E-state index in [2.05, 4.69) is 15.2 Å². The second-order valence-electron chi connectivity index (χ2n) is 3.34. The van der Waals surface area contributed by atoms with Crippen LogP contribution in [0.4, 0.5) is 0 Å². The molecule has 0 unspecified atom stereocenters. The summed E-state index contributed by atoms with van der Waals surface area (Å²) in [6, 6.07) is 7.91. The Balaban J connectivity index is 2.36. The molecule has 0 amide bonds. The number of hydrogen-bond donors (Lipinski definition) is 0. The zero-order valence-corrected chi connectivity index (χ0v) is 8.96. The van der Waals surface area contributed by atoms with E-state index in [1.807, 2.05) is 24.3 Å². The van der Waals surface area contributed by atoms with Gasteiger partial charge in [-0.3, -0.25) is 9.55 Å². The summed E-state index contributed by atoms with van der Waals surface area (Å²) in [7, 11) is 0. The molecule has 0 spiro atoms. The van der Waals surface area contributed by atoms with Crippen molar-refractivity contribution in [3.05, 3.63) is 48.3 Å². The highest BCUT2D eigenvalue weighted by atomic mass is 35.5. The Kier molecular flexibility index (Phi) is 2.08. The van der Waals surface area contributed by atoms with Crippen molar-refractivity contribution in [2.75, 3.05) is 0 Å². The van der Waals surface area contributed by atoms with Crippen LogP contribution in [-0.4, -0.2) is 19.7 Å². The Morgan fingerprint density at radius 2 is 2.12 bits per heavy atom. The average molecular weight is 231 g/mol. The molecule has 0 saturated carbocycles. The molecule has 1 aromatic carbocycles. The zero-order valence-electron chi connectivity index (χ0n) is 8.21. The molecule has 2 aromatic heterocycles. The Bertz CT molecular complexity index is 642. The lowest BCUT2D eigenvalue weighted by molar-refractivity contribution is 1.07. The van der Waals surface area contributed by atoms with Gasteiger partial charge in [-0.1, -0.05) is 12.1 Å². The molecule has 5 heteroatoms. The Labute approximate surface area is 96.5 Å². The quantitative estimate of drug-likeness (QED) is 0.645. The highest BCUT2D eigenvalue weighted by Crippen LogP contribution is 2.22. The minimum absolute atomic E-state index is 0.344. The van der Waals surface area contributed by atoms with E-state index in [1.54, 1.807) is 23.3 Å². The Hall–Kier alpha value is -1.94. The summed E-state index contributed by atoms with van der Waals surface area (Å²) in [5.74, 6) is 0. The topological polar surface area (TPSA) is 43.6 Å². The Morgan fingerprint density at radius 3 is 2.94 bits per heavy atom. The van der Waals surface area contributed by atoms with Crippen molar-refractivity contribution in [1.82, 2.24) is 19.7 Å². The monoisotopic (exact) mass is 230 g/mol. The van der Waals surface area contributed by atoms with E-state index in [0.29, 0.717) is 5.28 Å². The summed E-state index contributed by atoms with van der Waals surface area (Å²) >= 11 is 5.94. The van der Waals surface area contributed by atoms with E-state index < -0.39 is 0 Å². The van der Waals surface area contributed by atoms with Crippen LogP contribution in [0.2, 0.25) is 5.28 Å². The third-order valence-electron chi connectivity index (χ3n) is 2.43. The van der Waals surface area contributed by atoms with Crippen LogP contribution in [-0.2, 0) is 0 Å². The third-order valence-corrected chi connectivity index (χ3v) is 2.68. The molecule has 0 saturated heterocycles. The van der Waals surface area contributed by atoms with Gasteiger partial charge in [0, 0.05) is 17.8 Å². The van der Waals surface area contributed by atoms with Crippen LogP contribution in [0.1, 0.15) is 0 Å². The molecule has 0 radical (unpaired) electrons. The van der Waals surface area contributed by atoms with E-state index in [1.165, 1.54) is 0 Å². The molecular formula is C11H7ClN4. The first-order valence-corrected chi connectivity index (χ1v) is 5.13. The second kappa shape index (κ2) is 3.57. The molecule has 3 rings (SSSR count). The van der Waals surface area contributed by atoms with Gasteiger partial charge in [0.1, 0.15) is 6.33 Å². The SMILES string of the molecule is Clc1nncn1-c1cccc2ccncc12. The van der Waals surface area contributed by atoms with Crippen LogP contribution in [0.3, 0.4) is 0 Å². The van der Waals surface area contributed by atoms with Gasteiger partial charge in [0.2, 0.25) is 5.28 Å². The fourth-order valence-electron chi connectivity index (χ4n) is 1.69. The molecule has 2 heterocycles. The summed E-state index contributed by atoms with van der Waals surface area (Å²) in [6.07, 6.45) is 5.16. The van der Waals surface area contributed by atoms with Gasteiger partial charge in [-0.05, 0) is 29.1 Å². The van der Waals surface area contributed by atoms with Gasteiger partial charge in [0.05, 0.1) is 5.69 Å². The van der Waals surface area contributed by atoms with Gasteiger partial charge < -0.3 is 0 Å². The summed E-state index contributed by atoms with van der Waals surface area (Å²) in [6.45, 7) is 0. The fraction of sp³-hybridized carbons (Fsp3) is 0. The zero-order chi connectivity index (χ0) is 11.0. The van der Waals surface area contributed by atoms with Crippen LogP contribution in [0.25, 0.3) is 16.5 Å². The van der Waals surface area contributed by atoms with Crippen molar-refractivity contribution >= 4 is 22.4 Å². The fourth-order valence-corrected chi connectivity index (χ4v) is 1.87. The van der Waals surface area contributed by atoms with Gasteiger partial charge in [-0.2, -0.15) is 0 Å². The third kappa shape index (κ3) is 1.35. The number of nitrogens with zero attached hydrogens (tertiary/aromatic N) is 4. The second-order valence-corrected chi connectivity index (χ2v) is 3.68. The molecular weight excluding hydrogens is 224 g/mol. The van der Waals surface area contributed by atoms with E-state index in [0.717, 1.165) is 16.5 Å². The lowest BCUT2D eigenvalue weighted by atomic mass is 10.1. The van der Waals surface area contributed by atoms with Gasteiger partial charge in [-0.15, -0.1) is 10.2 Å². The van der Waals surface area contributed by atoms with Gasteiger partial charge in [-0.25, -0.2) is 0 Å². The van der Waals surface area contributed by atoms with Crippen molar-refractivity contribution in [2.24, 2.45) is 0 Å².